The molecule has 6 heterocycles. The second-order valence-corrected chi connectivity index (χ2v) is 13.0. The molecule has 10 rings (SSSR count). The molecule has 0 bridgehead atoms. The van der Waals surface area contributed by atoms with E-state index < -0.39 is 0 Å². The molecule has 2 radical (unpaired) electrons. The molecule has 0 aliphatic heterocycles. The topological polar surface area (TPSA) is 265 Å². The van der Waals surface area contributed by atoms with Gasteiger partial charge in [0.25, 0.3) is 0 Å². The zero-order chi connectivity index (χ0) is 49.9. The maximum atomic E-state index is 7.57. The van der Waals surface area contributed by atoms with Crippen molar-refractivity contribution < 1.29 is 60.6 Å². The van der Waals surface area contributed by atoms with Gasteiger partial charge in [-0.3, -0.25) is 15.1 Å². The van der Waals surface area contributed by atoms with Crippen LogP contribution in [-0.2, 0) is 40.2 Å². The molecule has 372 valence electrons. The van der Waals surface area contributed by atoms with Crippen molar-refractivity contribution in [2.75, 3.05) is 27.9 Å². The molecule has 0 amide bonds. The van der Waals surface area contributed by atoms with Crippen LogP contribution < -0.4 is 5.10 Å². The number of hydrogen-bond donors (Lipinski definition) is 5. The van der Waals surface area contributed by atoms with Gasteiger partial charge < -0.3 is 30.6 Å². The van der Waals surface area contributed by atoms with Crippen LogP contribution in [0.25, 0.3) is 68.3 Å². The van der Waals surface area contributed by atoms with Crippen molar-refractivity contribution in [2.24, 2.45) is 0 Å². The fourth-order valence-corrected chi connectivity index (χ4v) is 5.16. The number of nitrogens with one attached hydrogen (secondary N) is 1. The first kappa shape index (κ1) is 61.6. The van der Waals surface area contributed by atoms with Crippen molar-refractivity contribution >= 4 is 0 Å². The number of aromatic nitrogens is 14. The molecular formula is C51H53Ir2N14O4-3. The number of pyridine rings is 2. The van der Waals surface area contributed by atoms with E-state index in [9.17, 15) is 0 Å². The van der Waals surface area contributed by atoms with E-state index in [1.54, 1.807) is 19.3 Å². The average molecular weight is 1310 g/mol. The minimum atomic E-state index is 0. The van der Waals surface area contributed by atoms with Crippen molar-refractivity contribution in [1.29, 1.82) is 0 Å². The standard InChI is InChI=1S/2C14H9N4.C9H9N3.C9H8N3.C2H6O.3CH4O.2Ir/c2*1-3-7-11(8-4-1)13-15-17-14(18-16-13)12-9-5-2-6-10-12;2*1-7-2-3-8(10-6-7)9-4-5-11-12-9;1-2-3;3*1-2;;/h2*1-9H;2-6H,1H3,(H,11,12);2-6H,1H3;3H,2H2,1H3;3*2H,1H3;;/q2*-1;;-1;;;;;;. The zero-order valence-electron chi connectivity index (χ0n) is 39.6. The second kappa shape index (κ2) is 37.5. The first-order chi connectivity index (χ1) is 34.0. The number of aromatic amines is 1. The van der Waals surface area contributed by atoms with Crippen molar-refractivity contribution in [1.82, 2.24) is 71.2 Å². The van der Waals surface area contributed by atoms with Crippen LogP contribution in [0.1, 0.15) is 18.1 Å². The normalized spacial score (nSPS) is 9.10. The molecule has 0 aliphatic carbocycles. The Balaban J connectivity index is 0.000000450. The Labute approximate surface area is 440 Å². The van der Waals surface area contributed by atoms with Gasteiger partial charge in [0.2, 0.25) is 11.6 Å². The van der Waals surface area contributed by atoms with Crippen LogP contribution in [0.2, 0.25) is 0 Å². The van der Waals surface area contributed by atoms with E-state index in [1.165, 1.54) is 5.56 Å². The summed E-state index contributed by atoms with van der Waals surface area (Å²) >= 11 is 0. The number of aliphatic hydroxyl groups excluding tert-OH is 4. The summed E-state index contributed by atoms with van der Waals surface area (Å²) < 4.78 is 0. The molecule has 0 saturated heterocycles. The maximum absolute atomic E-state index is 7.57. The van der Waals surface area contributed by atoms with Crippen LogP contribution in [0.3, 0.4) is 0 Å². The molecular weight excluding hydrogens is 1260 g/mol. The Morgan fingerprint density at radius 1 is 0.479 bits per heavy atom. The van der Waals surface area contributed by atoms with Gasteiger partial charge in [-0.1, -0.05) is 84.6 Å². The van der Waals surface area contributed by atoms with Gasteiger partial charge in [-0.15, -0.1) is 92.2 Å². The van der Waals surface area contributed by atoms with Crippen LogP contribution in [0.5, 0.6) is 0 Å². The molecule has 18 nitrogen and oxygen atoms in total. The number of rotatable bonds is 6. The summed E-state index contributed by atoms with van der Waals surface area (Å²) in [4.78, 5) is 8.47. The molecule has 4 aromatic carbocycles. The second-order valence-electron chi connectivity index (χ2n) is 13.0. The van der Waals surface area contributed by atoms with E-state index in [-0.39, 0.29) is 46.8 Å². The van der Waals surface area contributed by atoms with Crippen molar-refractivity contribution in [2.45, 2.75) is 20.8 Å². The van der Waals surface area contributed by atoms with Gasteiger partial charge >= 0.3 is 0 Å². The first-order valence-corrected chi connectivity index (χ1v) is 20.9. The zero-order valence-corrected chi connectivity index (χ0v) is 44.4. The fraction of sp³-hybridized carbons (Fsp3) is 0.137. The Bertz CT molecular complexity index is 2440. The van der Waals surface area contributed by atoms with Crippen molar-refractivity contribution in [3.05, 3.63) is 194 Å². The minimum absolute atomic E-state index is 0. The Morgan fingerprint density at radius 2 is 0.887 bits per heavy atom. The van der Waals surface area contributed by atoms with Crippen molar-refractivity contribution in [3.63, 3.8) is 0 Å². The van der Waals surface area contributed by atoms with Crippen LogP contribution in [0.15, 0.2) is 170 Å². The third-order valence-corrected chi connectivity index (χ3v) is 8.25. The minimum Gasteiger partial charge on any atom is -0.574 e. The maximum Gasteiger partial charge on any atom is 0.201 e. The van der Waals surface area contributed by atoms with Gasteiger partial charge in [0.1, 0.15) is 11.6 Å². The van der Waals surface area contributed by atoms with E-state index in [0.29, 0.717) is 23.3 Å². The Kier molecular flexibility index (Phi) is 32.6. The quantitative estimate of drug-likeness (QED) is 0.107. The molecule has 6 aromatic heterocycles. The summed E-state index contributed by atoms with van der Waals surface area (Å²) in [5.41, 5.74) is 9.29. The molecule has 20 heteroatoms. The van der Waals surface area contributed by atoms with Gasteiger partial charge in [0.15, 0.2) is 0 Å². The molecule has 0 unspecified atom stereocenters. The molecule has 71 heavy (non-hydrogen) atoms. The summed E-state index contributed by atoms with van der Waals surface area (Å²) in [5, 5.41) is 75.5. The Hall–Kier alpha value is -7.38. The SMILES string of the molecule is CCO.CO.CO.CO.Cc1ccc(-c2ccn[n-]2)nc1.Cc1ccc(-c2ccn[nH]2)nc1.[Ir].[Ir].[c-]1ccccc1-c1nnc(-c2ccccc2)nn1.[c-]1ccccc1-c1nnc(-c2ccccc2)nn1. The van der Waals surface area contributed by atoms with Gasteiger partial charge in [0.05, 0.1) is 11.4 Å². The average Bonchev–Trinajstić information content (AvgIpc) is 4.20. The van der Waals surface area contributed by atoms with Crippen LogP contribution in [0, 0.1) is 26.0 Å². The van der Waals surface area contributed by atoms with E-state index in [0.717, 1.165) is 71.9 Å². The Morgan fingerprint density at radius 3 is 1.23 bits per heavy atom. The molecule has 0 atom stereocenters. The number of hydrogen-bond acceptors (Lipinski definition) is 16. The van der Waals surface area contributed by atoms with Gasteiger partial charge in [0, 0.05) is 110 Å². The van der Waals surface area contributed by atoms with E-state index in [1.807, 2.05) is 172 Å². The summed E-state index contributed by atoms with van der Waals surface area (Å²) in [6.07, 6.45) is 7.05. The number of benzene rings is 4. The molecule has 5 N–H and O–H groups in total. The van der Waals surface area contributed by atoms with Crippen molar-refractivity contribution in [3.8, 4) is 68.3 Å². The fourth-order valence-electron chi connectivity index (χ4n) is 5.16. The third kappa shape index (κ3) is 21.9. The third-order valence-electron chi connectivity index (χ3n) is 8.25. The van der Waals surface area contributed by atoms with Crippen LogP contribution >= 0.6 is 0 Å². The molecule has 0 fully saturated rings. The smallest absolute Gasteiger partial charge is 0.201 e. The van der Waals surface area contributed by atoms with Crippen LogP contribution in [-0.4, -0.2) is 114 Å². The summed E-state index contributed by atoms with van der Waals surface area (Å²) in [6.45, 7) is 5.96. The predicted molar refractivity (Wildman–Crippen MR) is 264 cm³/mol. The van der Waals surface area contributed by atoms with Crippen LogP contribution in [0.4, 0.5) is 0 Å². The van der Waals surface area contributed by atoms with Gasteiger partial charge in [-0.25, -0.2) is 0 Å². The molecule has 0 saturated carbocycles. The summed E-state index contributed by atoms with van der Waals surface area (Å²) in [6, 6.07) is 52.0. The number of aryl methyl sites for hydroxylation is 2. The molecule has 10 aromatic rings. The monoisotopic (exact) mass is 1310 g/mol. The number of H-pyrrole nitrogens is 1. The number of aliphatic hydroxyl groups is 4. The summed E-state index contributed by atoms with van der Waals surface area (Å²) in [7, 11) is 3.00. The van der Waals surface area contributed by atoms with E-state index in [2.05, 4.69) is 83.3 Å². The van der Waals surface area contributed by atoms with Gasteiger partial charge in [-0.2, -0.15) is 25.5 Å². The predicted octanol–water partition coefficient (Wildman–Crippen LogP) is 6.81. The first-order valence-electron chi connectivity index (χ1n) is 20.9. The van der Waals surface area contributed by atoms with E-state index >= 15 is 0 Å². The molecule has 0 spiro atoms. The van der Waals surface area contributed by atoms with E-state index in [4.69, 9.17) is 20.4 Å². The largest absolute Gasteiger partial charge is 0.574 e. The summed E-state index contributed by atoms with van der Waals surface area (Å²) in [5.74, 6) is 2.01. The van der Waals surface area contributed by atoms with Gasteiger partial charge in [-0.05, 0) is 50.1 Å². The number of nitrogens with zero attached hydrogens (tertiary/aromatic N) is 13. The molecule has 0 aliphatic rings.